The van der Waals surface area contributed by atoms with Gasteiger partial charge >= 0.3 is 0 Å². The van der Waals surface area contributed by atoms with Gasteiger partial charge in [0.25, 0.3) is 0 Å². The SMILES string of the molecule is CC(Nc1ccc(C#N)cn1)c1c(F)cccc1Cl. The Kier molecular flexibility index (Phi) is 3.98. The molecule has 0 bridgehead atoms. The van der Waals surface area contributed by atoms with Crippen LogP contribution in [0.2, 0.25) is 5.02 Å². The fourth-order valence-corrected chi connectivity index (χ4v) is 2.09. The molecule has 1 aromatic heterocycles. The first-order valence-corrected chi connectivity index (χ1v) is 6.06. The minimum Gasteiger partial charge on any atom is -0.363 e. The summed E-state index contributed by atoms with van der Waals surface area (Å²) in [7, 11) is 0. The third-order valence-corrected chi connectivity index (χ3v) is 3.02. The van der Waals surface area contributed by atoms with Gasteiger partial charge in [-0.2, -0.15) is 5.26 Å². The Balaban J connectivity index is 2.21. The van der Waals surface area contributed by atoms with Crippen molar-refractivity contribution in [1.82, 2.24) is 4.98 Å². The number of halogens is 2. The first-order chi connectivity index (χ1) is 9.11. The lowest BCUT2D eigenvalue weighted by Crippen LogP contribution is -2.10. The van der Waals surface area contributed by atoms with Crippen LogP contribution >= 0.6 is 11.6 Å². The summed E-state index contributed by atoms with van der Waals surface area (Å²) >= 11 is 5.99. The quantitative estimate of drug-likeness (QED) is 0.924. The van der Waals surface area contributed by atoms with Gasteiger partial charge in [-0.15, -0.1) is 0 Å². The lowest BCUT2D eigenvalue weighted by atomic mass is 10.1. The molecule has 0 aliphatic heterocycles. The molecule has 1 heterocycles. The summed E-state index contributed by atoms with van der Waals surface area (Å²) in [6, 6.07) is 9.55. The number of nitrogens with zero attached hydrogens (tertiary/aromatic N) is 2. The van der Waals surface area contributed by atoms with Gasteiger partial charge in [0.2, 0.25) is 0 Å². The summed E-state index contributed by atoms with van der Waals surface area (Å²) in [4.78, 5) is 4.08. The third kappa shape index (κ3) is 3.01. The molecule has 2 aromatic rings. The van der Waals surface area contributed by atoms with Crippen molar-refractivity contribution in [3.05, 3.63) is 58.5 Å². The van der Waals surface area contributed by atoms with Crippen LogP contribution in [0.5, 0.6) is 0 Å². The average molecular weight is 276 g/mol. The van der Waals surface area contributed by atoms with E-state index < -0.39 is 0 Å². The second-order valence-corrected chi connectivity index (χ2v) is 4.45. The number of rotatable bonds is 3. The minimum absolute atomic E-state index is 0.325. The first kappa shape index (κ1) is 13.3. The molecule has 1 aromatic carbocycles. The topological polar surface area (TPSA) is 48.7 Å². The Bertz CT molecular complexity index is 599. The summed E-state index contributed by atoms with van der Waals surface area (Å²) < 4.78 is 13.7. The molecule has 0 amide bonds. The van der Waals surface area contributed by atoms with Crippen molar-refractivity contribution in [3.63, 3.8) is 0 Å². The zero-order chi connectivity index (χ0) is 13.8. The van der Waals surface area contributed by atoms with Gasteiger partial charge in [-0.05, 0) is 31.2 Å². The average Bonchev–Trinajstić information content (AvgIpc) is 2.39. The predicted octanol–water partition coefficient (Wildman–Crippen LogP) is 3.92. The number of aromatic nitrogens is 1. The second kappa shape index (κ2) is 5.68. The van der Waals surface area contributed by atoms with Crippen molar-refractivity contribution in [2.45, 2.75) is 13.0 Å². The van der Waals surface area contributed by atoms with E-state index in [2.05, 4.69) is 10.3 Å². The standard InChI is InChI=1S/C14H11ClFN3/c1-9(14-11(15)3-2-4-12(14)16)19-13-6-5-10(7-17)8-18-13/h2-6,8-9H,1H3,(H,18,19). The van der Waals surface area contributed by atoms with Crippen LogP contribution in [0.1, 0.15) is 24.1 Å². The highest BCUT2D eigenvalue weighted by Crippen LogP contribution is 2.27. The number of benzene rings is 1. The van der Waals surface area contributed by atoms with Crippen LogP contribution in [-0.2, 0) is 0 Å². The smallest absolute Gasteiger partial charge is 0.129 e. The molecule has 0 spiro atoms. The number of pyridine rings is 1. The highest BCUT2D eigenvalue weighted by Gasteiger charge is 2.14. The van der Waals surface area contributed by atoms with Gasteiger partial charge in [0, 0.05) is 16.8 Å². The maximum Gasteiger partial charge on any atom is 0.129 e. The van der Waals surface area contributed by atoms with Crippen molar-refractivity contribution in [2.75, 3.05) is 5.32 Å². The number of nitriles is 1. The monoisotopic (exact) mass is 275 g/mol. The van der Waals surface area contributed by atoms with Crippen molar-refractivity contribution >= 4 is 17.4 Å². The Morgan fingerprint density at radius 3 is 2.74 bits per heavy atom. The van der Waals surface area contributed by atoms with Crippen LogP contribution in [-0.4, -0.2) is 4.98 Å². The van der Waals surface area contributed by atoms with E-state index in [1.165, 1.54) is 12.3 Å². The van der Waals surface area contributed by atoms with E-state index in [1.54, 1.807) is 31.2 Å². The van der Waals surface area contributed by atoms with Gasteiger partial charge < -0.3 is 5.32 Å². The van der Waals surface area contributed by atoms with Crippen LogP contribution in [0, 0.1) is 17.1 Å². The molecule has 19 heavy (non-hydrogen) atoms. The van der Waals surface area contributed by atoms with Crippen molar-refractivity contribution in [2.24, 2.45) is 0 Å². The maximum absolute atomic E-state index is 13.7. The largest absolute Gasteiger partial charge is 0.363 e. The van der Waals surface area contributed by atoms with E-state index in [9.17, 15) is 4.39 Å². The summed E-state index contributed by atoms with van der Waals surface area (Å²) in [5, 5.41) is 12.1. The van der Waals surface area contributed by atoms with Gasteiger partial charge in [0.1, 0.15) is 17.7 Å². The summed E-state index contributed by atoms with van der Waals surface area (Å²) in [5.74, 6) is 0.201. The van der Waals surface area contributed by atoms with Gasteiger partial charge in [-0.3, -0.25) is 0 Å². The number of hydrogen-bond acceptors (Lipinski definition) is 3. The summed E-state index contributed by atoms with van der Waals surface area (Å²) in [5.41, 5.74) is 0.873. The van der Waals surface area contributed by atoms with Gasteiger partial charge in [-0.1, -0.05) is 17.7 Å². The number of hydrogen-bond donors (Lipinski definition) is 1. The molecule has 1 unspecified atom stereocenters. The third-order valence-electron chi connectivity index (χ3n) is 2.69. The Hall–Kier alpha value is -2.12. The van der Waals surface area contributed by atoms with Crippen molar-refractivity contribution < 1.29 is 4.39 Å². The molecule has 0 aliphatic carbocycles. The van der Waals surface area contributed by atoms with Crippen LogP contribution in [0.3, 0.4) is 0 Å². The Morgan fingerprint density at radius 1 is 1.37 bits per heavy atom. The minimum atomic E-state index is -0.360. The molecular weight excluding hydrogens is 265 g/mol. The fourth-order valence-electron chi connectivity index (χ4n) is 1.76. The molecule has 0 saturated heterocycles. The van der Waals surface area contributed by atoms with Crippen LogP contribution in [0.25, 0.3) is 0 Å². The van der Waals surface area contributed by atoms with Gasteiger partial charge in [0.05, 0.1) is 11.6 Å². The highest BCUT2D eigenvalue weighted by molar-refractivity contribution is 6.31. The molecule has 5 heteroatoms. The summed E-state index contributed by atoms with van der Waals surface area (Å²) in [6.45, 7) is 1.80. The maximum atomic E-state index is 13.7. The number of anilines is 1. The second-order valence-electron chi connectivity index (χ2n) is 4.05. The zero-order valence-corrected chi connectivity index (χ0v) is 10.9. The van der Waals surface area contributed by atoms with Gasteiger partial charge in [0.15, 0.2) is 0 Å². The molecule has 0 fully saturated rings. The highest BCUT2D eigenvalue weighted by atomic mass is 35.5. The van der Waals surface area contributed by atoms with E-state index in [4.69, 9.17) is 16.9 Å². The molecule has 3 nitrogen and oxygen atoms in total. The molecule has 0 saturated carbocycles. The van der Waals surface area contributed by atoms with Crippen LogP contribution in [0.4, 0.5) is 10.2 Å². The van der Waals surface area contributed by atoms with E-state index >= 15 is 0 Å². The molecule has 2 rings (SSSR count). The molecule has 1 N–H and O–H groups in total. The summed E-state index contributed by atoms with van der Waals surface area (Å²) in [6.07, 6.45) is 1.46. The van der Waals surface area contributed by atoms with E-state index in [0.29, 0.717) is 22.0 Å². The van der Waals surface area contributed by atoms with Crippen LogP contribution in [0.15, 0.2) is 36.5 Å². The van der Waals surface area contributed by atoms with Crippen molar-refractivity contribution in [3.8, 4) is 6.07 Å². The Morgan fingerprint density at radius 2 is 2.16 bits per heavy atom. The molecule has 0 aliphatic rings. The van der Waals surface area contributed by atoms with E-state index in [0.717, 1.165) is 0 Å². The number of nitrogens with one attached hydrogen (secondary N) is 1. The van der Waals surface area contributed by atoms with E-state index in [1.807, 2.05) is 6.07 Å². The lowest BCUT2D eigenvalue weighted by Gasteiger charge is -2.16. The normalized spacial score (nSPS) is 11.7. The molecule has 96 valence electrons. The first-order valence-electron chi connectivity index (χ1n) is 5.68. The molecule has 0 radical (unpaired) electrons. The lowest BCUT2D eigenvalue weighted by molar-refractivity contribution is 0.600. The molecular formula is C14H11ClFN3. The zero-order valence-electron chi connectivity index (χ0n) is 10.2. The van der Waals surface area contributed by atoms with E-state index in [-0.39, 0.29) is 11.9 Å². The Labute approximate surface area is 115 Å². The predicted molar refractivity (Wildman–Crippen MR) is 72.4 cm³/mol. The fraction of sp³-hybridized carbons (Fsp3) is 0.143. The van der Waals surface area contributed by atoms with Crippen LogP contribution < -0.4 is 5.32 Å². The molecule has 1 atom stereocenters. The van der Waals surface area contributed by atoms with Gasteiger partial charge in [-0.25, -0.2) is 9.37 Å². The van der Waals surface area contributed by atoms with Crippen molar-refractivity contribution in [1.29, 1.82) is 5.26 Å².